The van der Waals surface area contributed by atoms with Crippen molar-refractivity contribution in [3.63, 3.8) is 0 Å². The van der Waals surface area contributed by atoms with Crippen LogP contribution in [0.5, 0.6) is 0 Å². The van der Waals surface area contributed by atoms with E-state index in [1.54, 1.807) is 32.0 Å². The number of benzene rings is 1. The zero-order chi connectivity index (χ0) is 15.4. The molecule has 20 heavy (non-hydrogen) atoms. The molecule has 2 N–H and O–H groups in total. The van der Waals surface area contributed by atoms with E-state index in [0.29, 0.717) is 19.3 Å². The van der Waals surface area contributed by atoms with Crippen molar-refractivity contribution in [1.29, 1.82) is 0 Å². The van der Waals surface area contributed by atoms with Gasteiger partial charge in [-0.25, -0.2) is 4.39 Å². The monoisotopic (exact) mass is 304 g/mol. The summed E-state index contributed by atoms with van der Waals surface area (Å²) in [7, 11) is -3.94. The SMILES string of the molecule is CC(C)(CCCCS(=O)(=O)O)C(O)c1ccccc1F. The van der Waals surface area contributed by atoms with E-state index in [4.69, 9.17) is 4.55 Å². The molecule has 0 fully saturated rings. The third-order valence-electron chi connectivity index (χ3n) is 3.41. The molecule has 0 aliphatic rings. The molecule has 1 aromatic rings. The van der Waals surface area contributed by atoms with Gasteiger partial charge in [-0.2, -0.15) is 8.42 Å². The van der Waals surface area contributed by atoms with Gasteiger partial charge in [-0.05, 0) is 24.3 Å². The Labute approximate surface area is 119 Å². The number of halogens is 1. The van der Waals surface area contributed by atoms with Gasteiger partial charge in [-0.3, -0.25) is 4.55 Å². The third kappa shape index (κ3) is 5.19. The Balaban J connectivity index is 2.62. The van der Waals surface area contributed by atoms with Gasteiger partial charge in [-0.15, -0.1) is 0 Å². The number of aliphatic hydroxyl groups is 1. The Morgan fingerprint density at radius 1 is 1.25 bits per heavy atom. The Hall–Kier alpha value is -0.980. The fourth-order valence-electron chi connectivity index (χ4n) is 2.12. The Morgan fingerprint density at radius 3 is 2.40 bits per heavy atom. The van der Waals surface area contributed by atoms with Crippen LogP contribution in [-0.4, -0.2) is 23.8 Å². The van der Waals surface area contributed by atoms with Crippen LogP contribution in [0.4, 0.5) is 4.39 Å². The van der Waals surface area contributed by atoms with Crippen LogP contribution in [0.25, 0.3) is 0 Å². The molecule has 0 spiro atoms. The van der Waals surface area contributed by atoms with Crippen molar-refractivity contribution < 1.29 is 22.5 Å². The summed E-state index contributed by atoms with van der Waals surface area (Å²) in [5.74, 6) is -0.746. The molecule has 0 bridgehead atoms. The molecule has 1 atom stereocenters. The molecule has 1 rings (SSSR count). The van der Waals surface area contributed by atoms with E-state index in [9.17, 15) is 17.9 Å². The Kier molecular flexibility index (Phi) is 5.68. The standard InChI is InChI=1S/C14H21FO4S/c1-14(2,9-5-6-10-20(17,18)19)13(16)11-7-3-4-8-12(11)15/h3-4,7-8,13,16H,5-6,9-10H2,1-2H3,(H,17,18,19). The van der Waals surface area contributed by atoms with Crippen LogP contribution >= 0.6 is 0 Å². The Bertz CT molecular complexity index is 540. The molecule has 1 aromatic carbocycles. The first kappa shape index (κ1) is 17.1. The molecule has 0 aliphatic heterocycles. The molecule has 0 amide bonds. The van der Waals surface area contributed by atoms with Crippen molar-refractivity contribution in [2.45, 2.75) is 39.2 Å². The molecule has 114 valence electrons. The average molecular weight is 304 g/mol. The van der Waals surface area contributed by atoms with E-state index >= 15 is 0 Å². The molecule has 0 saturated carbocycles. The highest BCUT2D eigenvalue weighted by atomic mass is 32.2. The van der Waals surface area contributed by atoms with Crippen LogP contribution in [-0.2, 0) is 10.1 Å². The van der Waals surface area contributed by atoms with E-state index in [1.807, 2.05) is 0 Å². The second-order valence-corrected chi connectivity index (χ2v) is 7.23. The fourth-order valence-corrected chi connectivity index (χ4v) is 2.69. The van der Waals surface area contributed by atoms with Crippen molar-refractivity contribution in [1.82, 2.24) is 0 Å². The minimum atomic E-state index is -3.94. The largest absolute Gasteiger partial charge is 0.388 e. The lowest BCUT2D eigenvalue weighted by atomic mass is 9.78. The molecule has 6 heteroatoms. The summed E-state index contributed by atoms with van der Waals surface area (Å²) >= 11 is 0. The number of hydrogen-bond donors (Lipinski definition) is 2. The van der Waals surface area contributed by atoms with Crippen LogP contribution in [0, 0.1) is 11.2 Å². The highest BCUT2D eigenvalue weighted by Crippen LogP contribution is 2.38. The summed E-state index contributed by atoms with van der Waals surface area (Å²) in [4.78, 5) is 0. The highest BCUT2D eigenvalue weighted by Gasteiger charge is 2.30. The van der Waals surface area contributed by atoms with E-state index in [-0.39, 0.29) is 11.3 Å². The quantitative estimate of drug-likeness (QED) is 0.600. The average Bonchev–Trinajstić information content (AvgIpc) is 2.33. The van der Waals surface area contributed by atoms with Gasteiger partial charge in [0.1, 0.15) is 5.82 Å². The van der Waals surface area contributed by atoms with Crippen LogP contribution in [0.3, 0.4) is 0 Å². The van der Waals surface area contributed by atoms with Gasteiger partial charge < -0.3 is 5.11 Å². The molecule has 0 aliphatic carbocycles. The zero-order valence-corrected chi connectivity index (χ0v) is 12.5. The first-order chi connectivity index (χ1) is 9.13. The van der Waals surface area contributed by atoms with Gasteiger partial charge >= 0.3 is 0 Å². The fraction of sp³-hybridized carbons (Fsp3) is 0.571. The minimum absolute atomic E-state index is 0.243. The highest BCUT2D eigenvalue weighted by molar-refractivity contribution is 7.85. The van der Waals surface area contributed by atoms with E-state index in [1.165, 1.54) is 6.07 Å². The van der Waals surface area contributed by atoms with Crippen LogP contribution in [0.15, 0.2) is 24.3 Å². The maximum absolute atomic E-state index is 13.6. The molecular weight excluding hydrogens is 283 g/mol. The minimum Gasteiger partial charge on any atom is -0.388 e. The number of hydrogen-bond acceptors (Lipinski definition) is 3. The normalized spacial score (nSPS) is 14.2. The predicted molar refractivity (Wildman–Crippen MR) is 75.4 cm³/mol. The lowest BCUT2D eigenvalue weighted by Gasteiger charge is -2.31. The lowest BCUT2D eigenvalue weighted by Crippen LogP contribution is -2.23. The molecule has 4 nitrogen and oxygen atoms in total. The van der Waals surface area contributed by atoms with Crippen LogP contribution in [0.1, 0.15) is 44.8 Å². The number of rotatable bonds is 7. The summed E-state index contributed by atoms with van der Waals surface area (Å²) in [5, 5.41) is 10.3. The maximum Gasteiger partial charge on any atom is 0.264 e. The van der Waals surface area contributed by atoms with Gasteiger partial charge in [0.05, 0.1) is 11.9 Å². The van der Waals surface area contributed by atoms with E-state index < -0.39 is 27.5 Å². The summed E-state index contributed by atoms with van der Waals surface area (Å²) in [6.07, 6.45) is 0.400. The van der Waals surface area contributed by atoms with Gasteiger partial charge in [0.25, 0.3) is 10.1 Å². The third-order valence-corrected chi connectivity index (χ3v) is 4.22. The molecule has 0 aromatic heterocycles. The van der Waals surface area contributed by atoms with Gasteiger partial charge in [0, 0.05) is 5.56 Å². The van der Waals surface area contributed by atoms with Gasteiger partial charge in [-0.1, -0.05) is 38.5 Å². The molecule has 1 unspecified atom stereocenters. The summed E-state index contributed by atoms with van der Waals surface area (Å²) in [6.45, 7) is 3.61. The zero-order valence-electron chi connectivity index (χ0n) is 11.7. The maximum atomic E-state index is 13.6. The molecule has 0 saturated heterocycles. The first-order valence-electron chi connectivity index (χ1n) is 6.51. The van der Waals surface area contributed by atoms with Crippen LogP contribution in [0.2, 0.25) is 0 Å². The molecular formula is C14H21FO4S. The van der Waals surface area contributed by atoms with E-state index in [2.05, 4.69) is 0 Å². The van der Waals surface area contributed by atoms with Gasteiger partial charge in [0.2, 0.25) is 0 Å². The van der Waals surface area contributed by atoms with Crippen molar-refractivity contribution in [2.24, 2.45) is 5.41 Å². The van der Waals surface area contributed by atoms with Crippen molar-refractivity contribution in [3.05, 3.63) is 35.6 Å². The number of aliphatic hydroxyl groups excluding tert-OH is 1. The van der Waals surface area contributed by atoms with Crippen molar-refractivity contribution >= 4 is 10.1 Å². The first-order valence-corrected chi connectivity index (χ1v) is 8.12. The second kappa shape index (κ2) is 6.65. The molecule has 0 radical (unpaired) electrons. The summed E-state index contributed by atoms with van der Waals surface area (Å²) in [5.41, 5.74) is -0.339. The van der Waals surface area contributed by atoms with Crippen molar-refractivity contribution in [2.75, 3.05) is 5.75 Å². The second-order valence-electron chi connectivity index (χ2n) is 5.66. The topological polar surface area (TPSA) is 74.6 Å². The van der Waals surface area contributed by atoms with Crippen LogP contribution < -0.4 is 0 Å². The molecule has 0 heterocycles. The lowest BCUT2D eigenvalue weighted by molar-refractivity contribution is 0.0386. The smallest absolute Gasteiger partial charge is 0.264 e. The number of unbranched alkanes of at least 4 members (excludes halogenated alkanes) is 1. The van der Waals surface area contributed by atoms with Gasteiger partial charge in [0.15, 0.2) is 0 Å². The van der Waals surface area contributed by atoms with Crippen molar-refractivity contribution in [3.8, 4) is 0 Å². The Morgan fingerprint density at radius 2 is 1.85 bits per heavy atom. The van der Waals surface area contributed by atoms with E-state index in [0.717, 1.165) is 0 Å². The summed E-state index contributed by atoms with van der Waals surface area (Å²) < 4.78 is 43.5. The predicted octanol–water partition coefficient (Wildman–Crippen LogP) is 2.94. The summed E-state index contributed by atoms with van der Waals surface area (Å²) in [6, 6.07) is 6.06.